The minimum Gasteiger partial charge on any atom is -0.508 e. The van der Waals surface area contributed by atoms with Gasteiger partial charge in [0, 0.05) is 37.5 Å². The van der Waals surface area contributed by atoms with Crippen molar-refractivity contribution in [3.63, 3.8) is 0 Å². The van der Waals surface area contributed by atoms with Crippen LogP contribution in [-0.4, -0.2) is 40.3 Å². The van der Waals surface area contributed by atoms with E-state index in [9.17, 15) is 5.11 Å². The average molecular weight is 288 g/mol. The maximum Gasteiger partial charge on any atom is 0.501 e. The SMILES string of the molecule is CCO[Si](CCC1=C(O)C=COC1)(OCC)OCC. The summed E-state index contributed by atoms with van der Waals surface area (Å²) < 4.78 is 22.5. The quantitative estimate of drug-likeness (QED) is 0.661. The third-order valence-corrected chi connectivity index (χ3v) is 5.82. The summed E-state index contributed by atoms with van der Waals surface area (Å²) in [4.78, 5) is 0. The van der Waals surface area contributed by atoms with Crippen LogP contribution in [0.4, 0.5) is 0 Å². The molecule has 0 unspecified atom stereocenters. The first kappa shape index (κ1) is 16.2. The maximum absolute atomic E-state index is 9.76. The van der Waals surface area contributed by atoms with Crippen LogP contribution in [0.1, 0.15) is 27.2 Å². The topological polar surface area (TPSA) is 57.2 Å². The average Bonchev–Trinajstić information content (AvgIpc) is 2.39. The van der Waals surface area contributed by atoms with E-state index in [1.807, 2.05) is 20.8 Å². The minimum atomic E-state index is -2.63. The van der Waals surface area contributed by atoms with Gasteiger partial charge in [0.1, 0.15) is 12.4 Å². The minimum absolute atomic E-state index is 0.277. The lowest BCUT2D eigenvalue weighted by Gasteiger charge is -2.29. The molecule has 0 aromatic carbocycles. The Morgan fingerprint density at radius 2 is 1.74 bits per heavy atom. The summed E-state index contributed by atoms with van der Waals surface area (Å²) in [5.74, 6) is 0.277. The first-order valence-corrected chi connectivity index (χ1v) is 8.71. The van der Waals surface area contributed by atoms with E-state index in [-0.39, 0.29) is 5.76 Å². The summed E-state index contributed by atoms with van der Waals surface area (Å²) >= 11 is 0. The molecular formula is C13H24O5Si. The second-order valence-electron chi connectivity index (χ2n) is 4.08. The zero-order chi connectivity index (χ0) is 14.1. The maximum atomic E-state index is 9.76. The van der Waals surface area contributed by atoms with E-state index in [4.69, 9.17) is 18.0 Å². The highest BCUT2D eigenvalue weighted by Gasteiger charge is 2.40. The second-order valence-corrected chi connectivity index (χ2v) is 6.82. The molecule has 0 radical (unpaired) electrons. The van der Waals surface area contributed by atoms with Crippen LogP contribution >= 0.6 is 0 Å². The first-order chi connectivity index (χ1) is 9.17. The Hall–Kier alpha value is -0.823. The molecule has 0 bridgehead atoms. The number of hydrogen-bond donors (Lipinski definition) is 1. The van der Waals surface area contributed by atoms with Crippen LogP contribution in [0.5, 0.6) is 0 Å². The fourth-order valence-corrected chi connectivity index (χ4v) is 4.57. The standard InChI is InChI=1S/C13H24O5Si/c1-4-16-19(17-5-2,18-6-3)10-8-12-11-15-9-7-13(12)14/h7,9,14H,4-6,8,10-11H2,1-3H3. The predicted octanol–water partition coefficient (Wildman–Crippen LogP) is 2.78. The molecule has 0 aromatic heterocycles. The van der Waals surface area contributed by atoms with Gasteiger partial charge in [-0.2, -0.15) is 0 Å². The lowest BCUT2D eigenvalue weighted by atomic mass is 10.1. The van der Waals surface area contributed by atoms with E-state index in [0.717, 1.165) is 5.57 Å². The van der Waals surface area contributed by atoms with Gasteiger partial charge in [-0.25, -0.2) is 0 Å². The molecular weight excluding hydrogens is 264 g/mol. The number of allylic oxidation sites excluding steroid dienone is 1. The van der Waals surface area contributed by atoms with Crippen LogP contribution in [0.15, 0.2) is 23.7 Å². The van der Waals surface area contributed by atoms with Gasteiger partial charge in [0.15, 0.2) is 0 Å². The zero-order valence-electron chi connectivity index (χ0n) is 12.0. The lowest BCUT2D eigenvalue weighted by Crippen LogP contribution is -2.46. The molecule has 0 fully saturated rings. The number of aliphatic hydroxyl groups excluding tert-OH is 1. The Kier molecular flexibility index (Phi) is 7.15. The molecule has 1 aliphatic heterocycles. The van der Waals surface area contributed by atoms with Gasteiger partial charge in [-0.05, 0) is 27.2 Å². The van der Waals surface area contributed by atoms with E-state index >= 15 is 0 Å². The Bertz CT molecular complexity index is 310. The van der Waals surface area contributed by atoms with Gasteiger partial charge >= 0.3 is 8.80 Å². The second kappa shape index (κ2) is 8.37. The van der Waals surface area contributed by atoms with Crippen LogP contribution in [0, 0.1) is 0 Å². The number of hydrogen-bond acceptors (Lipinski definition) is 5. The molecule has 0 aromatic rings. The normalized spacial score (nSPS) is 15.7. The summed E-state index contributed by atoms with van der Waals surface area (Å²) in [7, 11) is -2.63. The van der Waals surface area contributed by atoms with Gasteiger partial charge in [-0.15, -0.1) is 0 Å². The van der Waals surface area contributed by atoms with E-state index < -0.39 is 8.80 Å². The largest absolute Gasteiger partial charge is 0.508 e. The van der Waals surface area contributed by atoms with Crippen molar-refractivity contribution in [1.29, 1.82) is 0 Å². The van der Waals surface area contributed by atoms with Gasteiger partial charge in [-0.3, -0.25) is 0 Å². The van der Waals surface area contributed by atoms with E-state index in [2.05, 4.69) is 0 Å². The van der Waals surface area contributed by atoms with Crippen molar-refractivity contribution in [3.8, 4) is 0 Å². The van der Waals surface area contributed by atoms with Crippen molar-refractivity contribution in [2.75, 3.05) is 26.4 Å². The fraction of sp³-hybridized carbons (Fsp3) is 0.692. The molecule has 0 aliphatic carbocycles. The number of aliphatic hydroxyl groups is 1. The molecule has 0 amide bonds. The number of ether oxygens (including phenoxy) is 1. The molecule has 1 heterocycles. The molecule has 6 heteroatoms. The van der Waals surface area contributed by atoms with Crippen LogP contribution in [0.2, 0.25) is 6.04 Å². The Balaban J connectivity index is 2.68. The van der Waals surface area contributed by atoms with Crippen LogP contribution in [0.25, 0.3) is 0 Å². The van der Waals surface area contributed by atoms with Crippen molar-refractivity contribution in [2.45, 2.75) is 33.2 Å². The zero-order valence-corrected chi connectivity index (χ0v) is 13.0. The molecule has 5 nitrogen and oxygen atoms in total. The Morgan fingerprint density at radius 3 is 2.21 bits per heavy atom. The van der Waals surface area contributed by atoms with Crippen LogP contribution in [0.3, 0.4) is 0 Å². The third-order valence-electron chi connectivity index (χ3n) is 2.77. The van der Waals surface area contributed by atoms with E-state index in [0.29, 0.717) is 38.9 Å². The molecule has 0 saturated carbocycles. The highest BCUT2D eigenvalue weighted by molar-refractivity contribution is 6.60. The summed E-state index contributed by atoms with van der Waals surface area (Å²) in [6, 6.07) is 0.652. The van der Waals surface area contributed by atoms with Crippen molar-refractivity contribution in [1.82, 2.24) is 0 Å². The van der Waals surface area contributed by atoms with Gasteiger partial charge < -0.3 is 23.1 Å². The molecule has 19 heavy (non-hydrogen) atoms. The van der Waals surface area contributed by atoms with Crippen LogP contribution < -0.4 is 0 Å². The summed E-state index contributed by atoms with van der Waals surface area (Å²) in [6.07, 6.45) is 3.71. The smallest absolute Gasteiger partial charge is 0.501 e. The highest BCUT2D eigenvalue weighted by Crippen LogP contribution is 2.24. The summed E-state index contributed by atoms with van der Waals surface area (Å²) in [5, 5.41) is 9.76. The lowest BCUT2D eigenvalue weighted by molar-refractivity contribution is 0.0711. The van der Waals surface area contributed by atoms with E-state index in [1.54, 1.807) is 6.08 Å². The molecule has 0 atom stereocenters. The summed E-state index contributed by atoms with van der Waals surface area (Å²) in [5.41, 5.74) is 0.860. The predicted molar refractivity (Wildman–Crippen MR) is 74.8 cm³/mol. The van der Waals surface area contributed by atoms with Gasteiger partial charge in [-0.1, -0.05) is 0 Å². The Morgan fingerprint density at radius 1 is 1.16 bits per heavy atom. The molecule has 1 N–H and O–H groups in total. The molecule has 1 aliphatic rings. The third kappa shape index (κ3) is 4.98. The van der Waals surface area contributed by atoms with Gasteiger partial charge in [0.2, 0.25) is 0 Å². The molecule has 0 saturated heterocycles. The van der Waals surface area contributed by atoms with Gasteiger partial charge in [0.05, 0.1) is 6.26 Å². The van der Waals surface area contributed by atoms with Crippen molar-refractivity contribution >= 4 is 8.80 Å². The van der Waals surface area contributed by atoms with E-state index in [1.165, 1.54) is 6.26 Å². The molecule has 1 rings (SSSR count). The van der Waals surface area contributed by atoms with Crippen molar-refractivity contribution in [2.24, 2.45) is 0 Å². The fourth-order valence-electron chi connectivity index (χ4n) is 1.96. The number of rotatable bonds is 9. The van der Waals surface area contributed by atoms with Crippen molar-refractivity contribution < 1.29 is 23.1 Å². The Labute approximate surface area is 116 Å². The summed E-state index contributed by atoms with van der Waals surface area (Å²) in [6.45, 7) is 7.90. The highest BCUT2D eigenvalue weighted by atomic mass is 28.4. The monoisotopic (exact) mass is 288 g/mol. The van der Waals surface area contributed by atoms with Crippen molar-refractivity contribution in [3.05, 3.63) is 23.7 Å². The molecule has 0 spiro atoms. The first-order valence-electron chi connectivity index (χ1n) is 6.78. The molecule has 110 valence electrons. The van der Waals surface area contributed by atoms with Gasteiger partial charge in [0.25, 0.3) is 0 Å². The van der Waals surface area contributed by atoms with Crippen LogP contribution in [-0.2, 0) is 18.0 Å².